The topological polar surface area (TPSA) is 66.6 Å². The molecule has 0 aromatic heterocycles. The van der Waals surface area contributed by atoms with Crippen molar-refractivity contribution in [2.45, 2.75) is 6.04 Å². The molecule has 0 saturated carbocycles. The zero-order chi connectivity index (χ0) is 14.8. The van der Waals surface area contributed by atoms with E-state index in [0.717, 1.165) is 5.56 Å². The first kappa shape index (κ1) is 15.7. The molecule has 0 radical (unpaired) electrons. The van der Waals surface area contributed by atoms with Crippen molar-refractivity contribution >= 4 is 21.6 Å². The minimum Gasteiger partial charge on any atom is -0.329 e. The first-order chi connectivity index (χ1) is 9.43. The Morgan fingerprint density at radius 2 is 1.85 bits per heavy atom. The van der Waals surface area contributed by atoms with Crippen LogP contribution in [0.5, 0.6) is 0 Å². The van der Waals surface area contributed by atoms with Gasteiger partial charge in [0.2, 0.25) is 10.0 Å². The number of hydrogen-bond acceptors (Lipinski definition) is 4. The third kappa shape index (κ3) is 3.51. The molecule has 0 bridgehead atoms. The van der Waals surface area contributed by atoms with Gasteiger partial charge in [-0.25, -0.2) is 8.42 Å². The van der Waals surface area contributed by atoms with Crippen LogP contribution in [0.25, 0.3) is 0 Å². The zero-order valence-electron chi connectivity index (χ0n) is 11.5. The normalized spacial score (nSPS) is 19.9. The van der Waals surface area contributed by atoms with Crippen molar-refractivity contribution in [3.05, 3.63) is 34.9 Å². The van der Waals surface area contributed by atoms with E-state index < -0.39 is 10.0 Å². The molecule has 1 aromatic rings. The molecule has 0 spiro atoms. The molecule has 7 heteroatoms. The first-order valence-corrected chi connectivity index (χ1v) is 8.80. The predicted octanol–water partition coefficient (Wildman–Crippen LogP) is 0.917. The smallest absolute Gasteiger partial charge is 0.211 e. The summed E-state index contributed by atoms with van der Waals surface area (Å²) >= 11 is 6.23. The molecular weight excluding hydrogens is 298 g/mol. The van der Waals surface area contributed by atoms with Gasteiger partial charge in [0.1, 0.15) is 0 Å². The highest BCUT2D eigenvalue weighted by atomic mass is 35.5. The second-order valence-electron chi connectivity index (χ2n) is 4.97. The first-order valence-electron chi connectivity index (χ1n) is 6.57. The summed E-state index contributed by atoms with van der Waals surface area (Å²) in [7, 11) is -3.11. The van der Waals surface area contributed by atoms with Gasteiger partial charge in [-0.15, -0.1) is 0 Å². The van der Waals surface area contributed by atoms with E-state index >= 15 is 0 Å². The van der Waals surface area contributed by atoms with Gasteiger partial charge in [0, 0.05) is 43.8 Å². The number of halogens is 1. The molecule has 1 saturated heterocycles. The lowest BCUT2D eigenvalue weighted by atomic mass is 10.0. The summed E-state index contributed by atoms with van der Waals surface area (Å²) in [5.74, 6) is 0. The monoisotopic (exact) mass is 317 g/mol. The van der Waals surface area contributed by atoms with Crippen molar-refractivity contribution in [1.82, 2.24) is 9.21 Å². The van der Waals surface area contributed by atoms with Gasteiger partial charge in [-0.2, -0.15) is 4.31 Å². The summed E-state index contributed by atoms with van der Waals surface area (Å²) in [4.78, 5) is 2.20. The van der Waals surface area contributed by atoms with Crippen molar-refractivity contribution in [1.29, 1.82) is 0 Å². The maximum absolute atomic E-state index is 11.5. The third-order valence-electron chi connectivity index (χ3n) is 3.67. The van der Waals surface area contributed by atoms with Crippen LogP contribution < -0.4 is 5.73 Å². The van der Waals surface area contributed by atoms with Crippen molar-refractivity contribution < 1.29 is 8.42 Å². The fourth-order valence-electron chi connectivity index (χ4n) is 2.56. The molecule has 1 aliphatic heterocycles. The van der Waals surface area contributed by atoms with Crippen LogP contribution in [0.3, 0.4) is 0 Å². The van der Waals surface area contributed by atoms with Gasteiger partial charge < -0.3 is 5.73 Å². The molecule has 1 aromatic carbocycles. The second kappa shape index (κ2) is 6.41. The van der Waals surface area contributed by atoms with Crippen LogP contribution >= 0.6 is 11.6 Å². The van der Waals surface area contributed by atoms with Crippen LogP contribution in [0.1, 0.15) is 11.6 Å². The molecule has 1 heterocycles. The molecule has 0 amide bonds. The highest BCUT2D eigenvalue weighted by molar-refractivity contribution is 7.88. The van der Waals surface area contributed by atoms with Crippen molar-refractivity contribution in [2.24, 2.45) is 5.73 Å². The fraction of sp³-hybridized carbons (Fsp3) is 0.538. The van der Waals surface area contributed by atoms with Crippen molar-refractivity contribution in [2.75, 3.05) is 39.0 Å². The average molecular weight is 318 g/mol. The second-order valence-corrected chi connectivity index (χ2v) is 7.36. The van der Waals surface area contributed by atoms with E-state index in [1.54, 1.807) is 0 Å². The largest absolute Gasteiger partial charge is 0.329 e. The van der Waals surface area contributed by atoms with Crippen LogP contribution in [-0.2, 0) is 10.0 Å². The van der Waals surface area contributed by atoms with E-state index in [2.05, 4.69) is 4.90 Å². The third-order valence-corrected chi connectivity index (χ3v) is 5.32. The lowest BCUT2D eigenvalue weighted by molar-refractivity contribution is 0.140. The van der Waals surface area contributed by atoms with E-state index in [-0.39, 0.29) is 6.04 Å². The molecular formula is C13H20ClN3O2S. The van der Waals surface area contributed by atoms with E-state index in [0.29, 0.717) is 37.7 Å². The number of nitrogens with zero attached hydrogens (tertiary/aromatic N) is 2. The summed E-state index contributed by atoms with van der Waals surface area (Å²) in [6, 6.07) is 7.69. The number of piperazine rings is 1. The van der Waals surface area contributed by atoms with Crippen LogP contribution in [0.2, 0.25) is 5.02 Å². The van der Waals surface area contributed by atoms with E-state index in [4.69, 9.17) is 17.3 Å². The van der Waals surface area contributed by atoms with E-state index in [9.17, 15) is 8.42 Å². The number of rotatable bonds is 4. The highest BCUT2D eigenvalue weighted by Gasteiger charge is 2.28. The molecule has 1 unspecified atom stereocenters. The molecule has 1 aliphatic rings. The maximum Gasteiger partial charge on any atom is 0.211 e. The fourth-order valence-corrected chi connectivity index (χ4v) is 3.65. The number of hydrogen-bond donors (Lipinski definition) is 1. The summed E-state index contributed by atoms with van der Waals surface area (Å²) < 4.78 is 24.5. The van der Waals surface area contributed by atoms with Crippen molar-refractivity contribution in [3.63, 3.8) is 0 Å². The standard InChI is InChI=1S/C13H20ClN3O2S/c1-20(18,19)17-8-6-16(7-9-17)13(10-15)11-4-2-3-5-12(11)14/h2-5,13H,6-10,15H2,1H3. The van der Waals surface area contributed by atoms with Gasteiger partial charge in [-0.1, -0.05) is 29.8 Å². The Hall–Kier alpha value is -0.660. The van der Waals surface area contributed by atoms with Gasteiger partial charge in [-0.3, -0.25) is 4.90 Å². The molecule has 112 valence electrons. The Labute approximate surface area is 125 Å². The highest BCUT2D eigenvalue weighted by Crippen LogP contribution is 2.27. The van der Waals surface area contributed by atoms with E-state index in [1.165, 1.54) is 10.6 Å². The Balaban J connectivity index is 2.10. The average Bonchev–Trinajstić information content (AvgIpc) is 2.41. The molecule has 1 atom stereocenters. The van der Waals surface area contributed by atoms with Gasteiger partial charge in [0.05, 0.1) is 6.26 Å². The van der Waals surface area contributed by atoms with Crippen LogP contribution in [0.15, 0.2) is 24.3 Å². The number of nitrogens with two attached hydrogens (primary N) is 1. The maximum atomic E-state index is 11.5. The Morgan fingerprint density at radius 3 is 2.35 bits per heavy atom. The summed E-state index contributed by atoms with van der Waals surface area (Å²) in [5.41, 5.74) is 6.90. The Bertz CT molecular complexity index is 556. The molecule has 20 heavy (non-hydrogen) atoms. The van der Waals surface area contributed by atoms with Crippen LogP contribution in [0, 0.1) is 0 Å². The lowest BCUT2D eigenvalue weighted by Crippen LogP contribution is -2.50. The summed E-state index contributed by atoms with van der Waals surface area (Å²) in [5, 5.41) is 0.702. The summed E-state index contributed by atoms with van der Waals surface area (Å²) in [6.45, 7) is 2.79. The zero-order valence-corrected chi connectivity index (χ0v) is 13.1. The van der Waals surface area contributed by atoms with Crippen LogP contribution in [0.4, 0.5) is 0 Å². The lowest BCUT2D eigenvalue weighted by Gasteiger charge is -2.38. The molecule has 5 nitrogen and oxygen atoms in total. The van der Waals surface area contributed by atoms with Gasteiger partial charge in [0.15, 0.2) is 0 Å². The van der Waals surface area contributed by atoms with Crippen LogP contribution in [-0.4, -0.2) is 56.6 Å². The van der Waals surface area contributed by atoms with Gasteiger partial charge in [0.25, 0.3) is 0 Å². The molecule has 2 N–H and O–H groups in total. The van der Waals surface area contributed by atoms with E-state index in [1.807, 2.05) is 24.3 Å². The SMILES string of the molecule is CS(=O)(=O)N1CCN(C(CN)c2ccccc2Cl)CC1. The number of sulfonamides is 1. The van der Waals surface area contributed by atoms with Crippen molar-refractivity contribution in [3.8, 4) is 0 Å². The molecule has 2 rings (SSSR count). The quantitative estimate of drug-likeness (QED) is 0.896. The molecule has 0 aliphatic carbocycles. The molecule has 1 fully saturated rings. The Morgan fingerprint density at radius 1 is 1.25 bits per heavy atom. The minimum atomic E-state index is -3.11. The summed E-state index contributed by atoms with van der Waals surface area (Å²) in [6.07, 6.45) is 1.25. The predicted molar refractivity (Wildman–Crippen MR) is 81.2 cm³/mol. The number of benzene rings is 1. The van der Waals surface area contributed by atoms with Gasteiger partial charge >= 0.3 is 0 Å². The Kier molecular flexibility index (Phi) is 5.04. The minimum absolute atomic E-state index is 0.0328. The van der Waals surface area contributed by atoms with Gasteiger partial charge in [-0.05, 0) is 11.6 Å².